The molecule has 1 unspecified atom stereocenters. The van der Waals surface area contributed by atoms with Crippen LogP contribution in [0.15, 0.2) is 24.3 Å². The van der Waals surface area contributed by atoms with Crippen LogP contribution in [-0.4, -0.2) is 25.0 Å². The van der Waals surface area contributed by atoms with Gasteiger partial charge in [0.15, 0.2) is 0 Å². The second kappa shape index (κ2) is 4.66. The van der Waals surface area contributed by atoms with Gasteiger partial charge in [-0.2, -0.15) is 0 Å². The number of likely N-dealkylation sites (tertiary alicyclic amines) is 1. The highest BCUT2D eigenvalue weighted by Crippen LogP contribution is 2.26. The summed E-state index contributed by atoms with van der Waals surface area (Å²) in [6.45, 7) is 1.61. The number of hydrogen-bond acceptors (Lipinski definition) is 3. The van der Waals surface area contributed by atoms with E-state index >= 15 is 0 Å². The minimum atomic E-state index is -0.245. The molecule has 2 heterocycles. The first-order valence-electron chi connectivity index (χ1n) is 6.60. The molecule has 0 bridgehead atoms. The van der Waals surface area contributed by atoms with Crippen molar-refractivity contribution in [2.24, 2.45) is 11.7 Å². The summed E-state index contributed by atoms with van der Waals surface area (Å²) in [5, 5.41) is 0. The summed E-state index contributed by atoms with van der Waals surface area (Å²) < 4.78 is 5.47. The highest BCUT2D eigenvalue weighted by Gasteiger charge is 2.40. The number of carbonyl (C=O) groups excluding carboxylic acids is 2. The predicted octanol–water partition coefficient (Wildman–Crippen LogP) is -0.364. The minimum Gasteiger partial charge on any atom is -0.404 e. The number of esters is 1. The Labute approximate surface area is 111 Å². The number of benzene rings is 1. The molecule has 1 aromatic carbocycles. The fourth-order valence-electron chi connectivity index (χ4n) is 2.98. The lowest BCUT2D eigenvalue weighted by Crippen LogP contribution is -3.13. The van der Waals surface area contributed by atoms with Gasteiger partial charge < -0.3 is 10.5 Å². The average molecular weight is 261 g/mol. The van der Waals surface area contributed by atoms with Gasteiger partial charge >= 0.3 is 5.97 Å². The molecule has 1 fully saturated rings. The summed E-state index contributed by atoms with van der Waals surface area (Å²) in [5.41, 5.74) is 6.95. The second-order valence-electron chi connectivity index (χ2n) is 5.21. The van der Waals surface area contributed by atoms with Crippen LogP contribution in [0.1, 0.15) is 35.0 Å². The van der Waals surface area contributed by atoms with E-state index in [1.807, 2.05) is 18.2 Å². The van der Waals surface area contributed by atoms with Gasteiger partial charge in [0.05, 0.1) is 24.2 Å². The molecule has 1 amide bonds. The molecule has 1 saturated heterocycles. The number of piperidine rings is 1. The summed E-state index contributed by atoms with van der Waals surface area (Å²) in [6.07, 6.45) is 1.31. The second-order valence-corrected chi connectivity index (χ2v) is 5.21. The third kappa shape index (κ3) is 2.10. The molecule has 1 aromatic rings. The van der Waals surface area contributed by atoms with E-state index in [0.717, 1.165) is 31.5 Å². The van der Waals surface area contributed by atoms with Crippen LogP contribution in [0.4, 0.5) is 0 Å². The number of fused-ring (bicyclic) bond motifs is 1. The molecule has 5 heteroatoms. The predicted molar refractivity (Wildman–Crippen MR) is 67.2 cm³/mol. The van der Waals surface area contributed by atoms with Crippen LogP contribution in [-0.2, 0) is 9.53 Å². The Hall–Kier alpha value is -1.88. The molecule has 2 aliphatic rings. The maximum absolute atomic E-state index is 11.8. The molecule has 0 radical (unpaired) electrons. The van der Waals surface area contributed by atoms with Crippen molar-refractivity contribution in [2.45, 2.75) is 19.1 Å². The lowest BCUT2D eigenvalue weighted by Gasteiger charge is -2.31. The summed E-state index contributed by atoms with van der Waals surface area (Å²) in [7, 11) is 0. The molecule has 2 aliphatic heterocycles. The Morgan fingerprint density at radius 2 is 1.95 bits per heavy atom. The Kier molecular flexibility index (Phi) is 2.98. The number of quaternary nitrogens is 1. The first-order valence-corrected chi connectivity index (χ1v) is 6.60. The topological polar surface area (TPSA) is 73.8 Å². The van der Waals surface area contributed by atoms with Crippen LogP contribution in [0.3, 0.4) is 0 Å². The minimum absolute atomic E-state index is 0.0314. The number of amides is 1. The first kappa shape index (κ1) is 12.2. The largest absolute Gasteiger partial charge is 0.404 e. The van der Waals surface area contributed by atoms with Crippen LogP contribution >= 0.6 is 0 Å². The molecule has 5 nitrogen and oxygen atoms in total. The zero-order valence-corrected chi connectivity index (χ0v) is 10.6. The molecule has 3 rings (SSSR count). The Morgan fingerprint density at radius 3 is 2.63 bits per heavy atom. The number of ether oxygens (including phenoxy) is 1. The van der Waals surface area contributed by atoms with E-state index in [1.165, 1.54) is 4.90 Å². The Bertz CT molecular complexity index is 521. The zero-order chi connectivity index (χ0) is 13.4. The van der Waals surface area contributed by atoms with Gasteiger partial charge in [0.25, 0.3) is 6.23 Å². The fourth-order valence-corrected chi connectivity index (χ4v) is 2.98. The fraction of sp³-hybridized carbons (Fsp3) is 0.429. The standard InChI is InChI=1S/C14H16N2O3/c15-12(17)9-5-7-16(8-6-9)13-10-3-1-2-4-11(10)14(18)19-13/h1-4,9,13H,5-8H2,(H2,15,17)/p+1. The molecule has 0 saturated carbocycles. The highest BCUT2D eigenvalue weighted by atomic mass is 16.6. The van der Waals surface area contributed by atoms with Crippen LogP contribution in [0, 0.1) is 5.92 Å². The SMILES string of the molecule is NC(=O)C1CC[NH+](C2OC(=O)c3ccccc32)CC1. The van der Waals surface area contributed by atoms with Gasteiger partial charge in [-0.05, 0) is 12.1 Å². The van der Waals surface area contributed by atoms with Gasteiger partial charge in [-0.1, -0.05) is 12.1 Å². The number of primary amides is 1. The van der Waals surface area contributed by atoms with Crippen LogP contribution < -0.4 is 10.6 Å². The van der Waals surface area contributed by atoms with Gasteiger partial charge in [-0.15, -0.1) is 0 Å². The van der Waals surface area contributed by atoms with E-state index in [9.17, 15) is 9.59 Å². The molecule has 100 valence electrons. The maximum atomic E-state index is 11.8. The van der Waals surface area contributed by atoms with Gasteiger partial charge in [0.1, 0.15) is 0 Å². The third-order valence-electron chi connectivity index (χ3n) is 4.09. The first-order chi connectivity index (χ1) is 9.16. The van der Waals surface area contributed by atoms with Crippen molar-refractivity contribution in [2.75, 3.05) is 13.1 Å². The summed E-state index contributed by atoms with van der Waals surface area (Å²) in [5.74, 6) is -0.496. The molecule has 3 N–H and O–H groups in total. The summed E-state index contributed by atoms with van der Waals surface area (Å²) >= 11 is 0. The van der Waals surface area contributed by atoms with E-state index in [2.05, 4.69) is 0 Å². The Balaban J connectivity index is 1.75. The molecular weight excluding hydrogens is 244 g/mol. The molecule has 0 aliphatic carbocycles. The quantitative estimate of drug-likeness (QED) is 0.714. The van der Waals surface area contributed by atoms with E-state index in [0.29, 0.717) is 5.56 Å². The van der Waals surface area contributed by atoms with Crippen LogP contribution in [0.25, 0.3) is 0 Å². The van der Waals surface area contributed by atoms with Crippen molar-refractivity contribution in [3.05, 3.63) is 35.4 Å². The van der Waals surface area contributed by atoms with Crippen molar-refractivity contribution in [1.82, 2.24) is 0 Å². The molecule has 0 spiro atoms. The van der Waals surface area contributed by atoms with E-state index < -0.39 is 0 Å². The van der Waals surface area contributed by atoms with Crippen molar-refractivity contribution < 1.29 is 19.2 Å². The van der Waals surface area contributed by atoms with E-state index in [-0.39, 0.29) is 24.0 Å². The number of cyclic esters (lactones) is 1. The van der Waals surface area contributed by atoms with Gasteiger partial charge in [0.2, 0.25) is 5.91 Å². The van der Waals surface area contributed by atoms with Crippen LogP contribution in [0.2, 0.25) is 0 Å². The van der Waals surface area contributed by atoms with E-state index in [1.54, 1.807) is 6.07 Å². The zero-order valence-electron chi connectivity index (χ0n) is 10.6. The highest BCUT2D eigenvalue weighted by molar-refractivity contribution is 5.93. The number of carbonyl (C=O) groups is 2. The van der Waals surface area contributed by atoms with Gasteiger partial charge in [-0.3, -0.25) is 9.69 Å². The molecule has 0 aromatic heterocycles. The van der Waals surface area contributed by atoms with Crippen molar-refractivity contribution in [3.8, 4) is 0 Å². The summed E-state index contributed by atoms with van der Waals surface area (Å²) in [6, 6.07) is 7.51. The lowest BCUT2D eigenvalue weighted by atomic mass is 9.95. The van der Waals surface area contributed by atoms with Gasteiger partial charge in [0, 0.05) is 18.8 Å². The van der Waals surface area contributed by atoms with Crippen molar-refractivity contribution >= 4 is 11.9 Å². The molecular formula is C14H17N2O3+. The number of hydrogen-bond donors (Lipinski definition) is 2. The smallest absolute Gasteiger partial charge is 0.343 e. The lowest BCUT2D eigenvalue weighted by molar-refractivity contribution is -0.956. The van der Waals surface area contributed by atoms with E-state index in [4.69, 9.17) is 10.5 Å². The summed E-state index contributed by atoms with van der Waals surface area (Å²) in [4.78, 5) is 24.1. The Morgan fingerprint density at radius 1 is 1.26 bits per heavy atom. The van der Waals surface area contributed by atoms with Crippen LogP contribution in [0.5, 0.6) is 0 Å². The van der Waals surface area contributed by atoms with Crippen molar-refractivity contribution in [1.29, 1.82) is 0 Å². The molecule has 1 atom stereocenters. The normalized spacial score (nSPS) is 29.7. The average Bonchev–Trinajstić information content (AvgIpc) is 2.77. The monoisotopic (exact) mass is 261 g/mol. The number of nitrogens with one attached hydrogen (secondary N) is 1. The number of nitrogens with two attached hydrogens (primary N) is 1. The third-order valence-corrected chi connectivity index (χ3v) is 4.09. The molecule has 19 heavy (non-hydrogen) atoms. The van der Waals surface area contributed by atoms with Crippen molar-refractivity contribution in [3.63, 3.8) is 0 Å². The van der Waals surface area contributed by atoms with Gasteiger partial charge in [-0.25, -0.2) is 4.79 Å². The maximum Gasteiger partial charge on any atom is 0.343 e. The number of rotatable bonds is 2.